The molecule has 0 fully saturated rings. The number of hydrogen-bond acceptors (Lipinski definition) is 3. The van der Waals surface area contributed by atoms with Crippen LogP contribution in [0.5, 0.6) is 0 Å². The zero-order chi connectivity index (χ0) is 23.3. The third-order valence-corrected chi connectivity index (χ3v) is 5.31. The molecule has 0 spiro atoms. The normalized spacial score (nSPS) is 11.4. The molecule has 0 aliphatic rings. The summed E-state index contributed by atoms with van der Waals surface area (Å²) >= 11 is 11.9. The molecule has 0 bridgehead atoms. The van der Waals surface area contributed by atoms with Crippen LogP contribution in [-0.4, -0.2) is 18.0 Å². The van der Waals surface area contributed by atoms with E-state index in [2.05, 4.69) is 36.6 Å². The Hall–Kier alpha value is -3.15. The Labute approximate surface area is 197 Å². The Morgan fingerprint density at radius 1 is 0.844 bits per heavy atom. The van der Waals surface area contributed by atoms with E-state index in [-0.39, 0.29) is 17.2 Å². The van der Waals surface area contributed by atoms with Gasteiger partial charge in [0, 0.05) is 27.4 Å². The fourth-order valence-electron chi connectivity index (χ4n) is 2.86. The number of benzene rings is 3. The minimum absolute atomic E-state index is 0.0243. The van der Waals surface area contributed by atoms with E-state index in [0.29, 0.717) is 32.4 Å². The van der Waals surface area contributed by atoms with Crippen LogP contribution in [0.15, 0.2) is 71.8 Å². The van der Waals surface area contributed by atoms with Crippen molar-refractivity contribution in [2.24, 2.45) is 5.10 Å². The minimum Gasteiger partial charge on any atom is -0.322 e. The summed E-state index contributed by atoms with van der Waals surface area (Å²) < 4.78 is 0. The Kier molecular flexibility index (Phi) is 7.33. The summed E-state index contributed by atoms with van der Waals surface area (Å²) in [5, 5.41) is 7.71. The Bertz CT molecular complexity index is 1150. The number of anilines is 1. The van der Waals surface area contributed by atoms with Crippen molar-refractivity contribution in [2.45, 2.75) is 26.2 Å². The van der Waals surface area contributed by atoms with Gasteiger partial charge >= 0.3 is 0 Å². The van der Waals surface area contributed by atoms with E-state index in [4.69, 9.17) is 23.2 Å². The van der Waals surface area contributed by atoms with Crippen molar-refractivity contribution in [1.29, 1.82) is 0 Å². The van der Waals surface area contributed by atoms with E-state index in [1.807, 2.05) is 24.3 Å². The molecule has 2 amide bonds. The van der Waals surface area contributed by atoms with E-state index in [1.165, 1.54) is 6.21 Å². The van der Waals surface area contributed by atoms with Crippen LogP contribution in [-0.2, 0) is 5.41 Å². The van der Waals surface area contributed by atoms with Gasteiger partial charge in [-0.3, -0.25) is 9.59 Å². The maximum absolute atomic E-state index is 12.5. The number of carbonyl (C=O) groups excluding carboxylic acids is 2. The topological polar surface area (TPSA) is 70.6 Å². The van der Waals surface area contributed by atoms with Gasteiger partial charge in [0.15, 0.2) is 0 Å². The van der Waals surface area contributed by atoms with Gasteiger partial charge in [0.2, 0.25) is 0 Å². The number of rotatable bonds is 5. The lowest BCUT2D eigenvalue weighted by Gasteiger charge is -2.19. The smallest absolute Gasteiger partial charge is 0.271 e. The van der Waals surface area contributed by atoms with Crippen LogP contribution in [0.25, 0.3) is 0 Å². The van der Waals surface area contributed by atoms with Gasteiger partial charge in [-0.05, 0) is 59.5 Å². The molecule has 0 saturated heterocycles. The number of nitrogens with one attached hydrogen (secondary N) is 2. The molecular formula is C25H23Cl2N3O2. The Morgan fingerprint density at radius 2 is 1.44 bits per heavy atom. The van der Waals surface area contributed by atoms with Crippen molar-refractivity contribution in [2.75, 3.05) is 5.32 Å². The molecule has 0 saturated carbocycles. The zero-order valence-electron chi connectivity index (χ0n) is 17.9. The molecular weight excluding hydrogens is 445 g/mol. The first-order valence-electron chi connectivity index (χ1n) is 9.94. The fraction of sp³-hybridized carbons (Fsp3) is 0.160. The van der Waals surface area contributed by atoms with E-state index in [9.17, 15) is 9.59 Å². The molecule has 0 heterocycles. The number of hydrogen-bond donors (Lipinski definition) is 2. The number of amides is 2. The second-order valence-corrected chi connectivity index (χ2v) is 9.07. The van der Waals surface area contributed by atoms with E-state index in [1.54, 1.807) is 42.5 Å². The lowest BCUT2D eigenvalue weighted by atomic mass is 9.87. The van der Waals surface area contributed by atoms with Crippen molar-refractivity contribution in [3.63, 3.8) is 0 Å². The summed E-state index contributed by atoms with van der Waals surface area (Å²) in [5.41, 5.74) is 5.81. The summed E-state index contributed by atoms with van der Waals surface area (Å²) in [6, 6.07) is 19.1. The van der Waals surface area contributed by atoms with Crippen LogP contribution in [0.4, 0.5) is 5.69 Å². The number of halogens is 2. The number of carbonyl (C=O) groups is 2. The maximum atomic E-state index is 12.5. The summed E-state index contributed by atoms with van der Waals surface area (Å²) in [6.07, 6.45) is 1.44. The average Bonchev–Trinajstić information content (AvgIpc) is 2.75. The van der Waals surface area contributed by atoms with Crippen molar-refractivity contribution in [3.8, 4) is 0 Å². The lowest BCUT2D eigenvalue weighted by molar-refractivity contribution is 0.0954. The van der Waals surface area contributed by atoms with Crippen molar-refractivity contribution < 1.29 is 9.59 Å². The molecule has 7 heteroatoms. The highest BCUT2D eigenvalue weighted by Crippen LogP contribution is 2.22. The molecule has 164 valence electrons. The standard InChI is InChI=1S/C25H23Cl2N3O2/c1-25(2,3)19-9-4-16(5-10-19)23(31)29-21-12-7-17(8-13-21)24(32)30-28-15-18-6-11-20(26)14-22(18)27/h4-15H,1-3H3,(H,29,31)(H,30,32). The third kappa shape index (κ3) is 6.19. The molecule has 0 aliphatic carbocycles. The highest BCUT2D eigenvalue weighted by molar-refractivity contribution is 6.36. The van der Waals surface area contributed by atoms with E-state index < -0.39 is 0 Å². The van der Waals surface area contributed by atoms with Crippen LogP contribution in [0.1, 0.15) is 52.6 Å². The summed E-state index contributed by atoms with van der Waals surface area (Å²) in [7, 11) is 0. The highest BCUT2D eigenvalue weighted by Gasteiger charge is 2.14. The predicted molar refractivity (Wildman–Crippen MR) is 131 cm³/mol. The lowest BCUT2D eigenvalue weighted by Crippen LogP contribution is -2.18. The van der Waals surface area contributed by atoms with Gasteiger partial charge < -0.3 is 5.32 Å². The summed E-state index contributed by atoms with van der Waals surface area (Å²) in [5.74, 6) is -0.603. The first kappa shape index (κ1) is 23.5. The maximum Gasteiger partial charge on any atom is 0.271 e. The van der Waals surface area contributed by atoms with Crippen molar-refractivity contribution >= 4 is 46.9 Å². The Balaban J connectivity index is 1.58. The monoisotopic (exact) mass is 467 g/mol. The molecule has 3 aromatic rings. The van der Waals surface area contributed by atoms with E-state index >= 15 is 0 Å². The molecule has 5 nitrogen and oxygen atoms in total. The van der Waals surface area contributed by atoms with E-state index in [0.717, 1.165) is 5.56 Å². The van der Waals surface area contributed by atoms with Gasteiger partial charge in [0.1, 0.15) is 0 Å². The molecule has 3 rings (SSSR count). The Morgan fingerprint density at radius 3 is 2.03 bits per heavy atom. The second-order valence-electron chi connectivity index (χ2n) is 8.22. The quantitative estimate of drug-likeness (QED) is 0.341. The first-order valence-corrected chi connectivity index (χ1v) is 10.7. The molecule has 32 heavy (non-hydrogen) atoms. The van der Waals surface area contributed by atoms with Gasteiger partial charge in [-0.1, -0.05) is 62.2 Å². The molecule has 0 atom stereocenters. The molecule has 3 aromatic carbocycles. The molecule has 2 N–H and O–H groups in total. The average molecular weight is 468 g/mol. The molecule has 0 radical (unpaired) electrons. The van der Waals surface area contributed by atoms with Crippen LogP contribution in [0, 0.1) is 0 Å². The van der Waals surface area contributed by atoms with Crippen molar-refractivity contribution in [3.05, 3.63) is 99.0 Å². The van der Waals surface area contributed by atoms with Crippen LogP contribution in [0.3, 0.4) is 0 Å². The van der Waals surface area contributed by atoms with Gasteiger partial charge in [0.25, 0.3) is 11.8 Å². The second kappa shape index (κ2) is 9.98. The van der Waals surface area contributed by atoms with Gasteiger partial charge in [0.05, 0.1) is 11.2 Å². The minimum atomic E-state index is -0.387. The number of hydrazone groups is 1. The summed E-state index contributed by atoms with van der Waals surface area (Å²) in [6.45, 7) is 6.37. The third-order valence-electron chi connectivity index (χ3n) is 4.75. The van der Waals surface area contributed by atoms with Crippen LogP contribution < -0.4 is 10.7 Å². The highest BCUT2D eigenvalue weighted by atomic mass is 35.5. The zero-order valence-corrected chi connectivity index (χ0v) is 19.5. The van der Waals surface area contributed by atoms with Crippen molar-refractivity contribution in [1.82, 2.24) is 5.43 Å². The number of nitrogens with zero attached hydrogens (tertiary/aromatic N) is 1. The summed E-state index contributed by atoms with van der Waals surface area (Å²) in [4.78, 5) is 24.8. The first-order chi connectivity index (χ1) is 15.1. The van der Waals surface area contributed by atoms with Crippen LogP contribution >= 0.6 is 23.2 Å². The largest absolute Gasteiger partial charge is 0.322 e. The molecule has 0 unspecified atom stereocenters. The SMILES string of the molecule is CC(C)(C)c1ccc(C(=O)Nc2ccc(C(=O)NN=Cc3ccc(Cl)cc3Cl)cc2)cc1. The molecule has 0 aliphatic heterocycles. The molecule has 0 aromatic heterocycles. The predicted octanol–water partition coefficient (Wildman–Crippen LogP) is 6.31. The van der Waals surface area contributed by atoms with Crippen LogP contribution in [0.2, 0.25) is 10.0 Å². The van der Waals surface area contributed by atoms with Gasteiger partial charge in [-0.25, -0.2) is 5.43 Å². The van der Waals surface area contributed by atoms with Gasteiger partial charge in [-0.2, -0.15) is 5.10 Å². The fourth-order valence-corrected chi connectivity index (χ4v) is 3.32. The van der Waals surface area contributed by atoms with Gasteiger partial charge in [-0.15, -0.1) is 0 Å².